The standard InChI is InChI=1S/C16H24FNO/c1-11(2)12-4-7-14(8-5-12)18-15-9-6-13(17)10-16(15)19-3/h6,9-12,14,18H,4-5,7-8H2,1-3H3. The van der Waals surface area contributed by atoms with Crippen molar-refractivity contribution in [3.63, 3.8) is 0 Å². The van der Waals surface area contributed by atoms with E-state index >= 15 is 0 Å². The molecule has 0 unspecified atom stereocenters. The molecule has 1 aliphatic carbocycles. The predicted molar refractivity (Wildman–Crippen MR) is 77.2 cm³/mol. The normalized spacial score (nSPS) is 23.4. The molecule has 1 aliphatic rings. The predicted octanol–water partition coefficient (Wildman–Crippen LogP) is 4.46. The van der Waals surface area contributed by atoms with Crippen LogP contribution in [0, 0.1) is 17.7 Å². The van der Waals surface area contributed by atoms with E-state index < -0.39 is 0 Å². The molecule has 1 N–H and O–H groups in total. The van der Waals surface area contributed by atoms with E-state index in [2.05, 4.69) is 19.2 Å². The molecule has 0 aromatic heterocycles. The number of benzene rings is 1. The van der Waals surface area contributed by atoms with Gasteiger partial charge in [0, 0.05) is 12.1 Å². The van der Waals surface area contributed by atoms with Crippen molar-refractivity contribution in [2.24, 2.45) is 11.8 Å². The molecule has 0 heterocycles. The van der Waals surface area contributed by atoms with Crippen molar-refractivity contribution in [3.05, 3.63) is 24.0 Å². The van der Waals surface area contributed by atoms with Crippen molar-refractivity contribution in [1.29, 1.82) is 0 Å². The Bertz CT molecular complexity index is 411. The van der Waals surface area contributed by atoms with Gasteiger partial charge in [0.25, 0.3) is 0 Å². The Hall–Kier alpha value is -1.25. The molecule has 0 atom stereocenters. The Morgan fingerprint density at radius 3 is 2.47 bits per heavy atom. The molecule has 3 heteroatoms. The molecule has 1 aromatic carbocycles. The minimum Gasteiger partial charge on any atom is -0.494 e. The van der Waals surface area contributed by atoms with Gasteiger partial charge >= 0.3 is 0 Å². The van der Waals surface area contributed by atoms with Gasteiger partial charge in [-0.2, -0.15) is 0 Å². The summed E-state index contributed by atoms with van der Waals surface area (Å²) >= 11 is 0. The van der Waals surface area contributed by atoms with E-state index in [-0.39, 0.29) is 5.82 Å². The SMILES string of the molecule is COc1cc(F)ccc1NC1CCC(C(C)C)CC1. The van der Waals surface area contributed by atoms with Crippen molar-refractivity contribution < 1.29 is 9.13 Å². The third-order valence-electron chi connectivity index (χ3n) is 4.24. The summed E-state index contributed by atoms with van der Waals surface area (Å²) in [7, 11) is 1.58. The molecule has 0 amide bonds. The van der Waals surface area contributed by atoms with Gasteiger partial charge in [0.2, 0.25) is 0 Å². The highest BCUT2D eigenvalue weighted by molar-refractivity contribution is 5.57. The first kappa shape index (κ1) is 14.2. The van der Waals surface area contributed by atoms with Gasteiger partial charge in [0.1, 0.15) is 11.6 Å². The van der Waals surface area contributed by atoms with E-state index in [4.69, 9.17) is 4.74 Å². The van der Waals surface area contributed by atoms with Crippen LogP contribution >= 0.6 is 0 Å². The Labute approximate surface area is 115 Å². The third-order valence-corrected chi connectivity index (χ3v) is 4.24. The number of methoxy groups -OCH3 is 1. The first-order valence-electron chi connectivity index (χ1n) is 7.20. The molecule has 0 aliphatic heterocycles. The molecule has 0 radical (unpaired) electrons. The zero-order chi connectivity index (χ0) is 13.8. The van der Waals surface area contributed by atoms with E-state index in [0.717, 1.165) is 17.5 Å². The van der Waals surface area contributed by atoms with Crippen molar-refractivity contribution in [2.45, 2.75) is 45.6 Å². The lowest BCUT2D eigenvalue weighted by Crippen LogP contribution is -2.28. The van der Waals surface area contributed by atoms with Gasteiger partial charge in [-0.05, 0) is 49.7 Å². The maximum Gasteiger partial charge on any atom is 0.144 e. The van der Waals surface area contributed by atoms with Crippen LogP contribution < -0.4 is 10.1 Å². The highest BCUT2D eigenvalue weighted by Gasteiger charge is 2.23. The monoisotopic (exact) mass is 265 g/mol. The first-order chi connectivity index (χ1) is 9.10. The highest BCUT2D eigenvalue weighted by Crippen LogP contribution is 2.33. The largest absolute Gasteiger partial charge is 0.494 e. The maximum atomic E-state index is 13.1. The van der Waals surface area contributed by atoms with Gasteiger partial charge in [-0.3, -0.25) is 0 Å². The quantitative estimate of drug-likeness (QED) is 0.867. The molecule has 1 saturated carbocycles. The van der Waals surface area contributed by atoms with Crippen LogP contribution in [0.5, 0.6) is 5.75 Å². The van der Waals surface area contributed by atoms with Crippen molar-refractivity contribution in [3.8, 4) is 5.75 Å². The van der Waals surface area contributed by atoms with Gasteiger partial charge in [-0.25, -0.2) is 4.39 Å². The molecule has 0 saturated heterocycles. The van der Waals surface area contributed by atoms with Gasteiger partial charge < -0.3 is 10.1 Å². The van der Waals surface area contributed by atoms with Crippen LogP contribution in [0.25, 0.3) is 0 Å². The Morgan fingerprint density at radius 1 is 1.21 bits per heavy atom. The minimum absolute atomic E-state index is 0.258. The Kier molecular flexibility index (Phi) is 4.67. The van der Waals surface area contributed by atoms with Gasteiger partial charge in [0.15, 0.2) is 0 Å². The van der Waals surface area contributed by atoms with E-state index in [9.17, 15) is 4.39 Å². The molecular weight excluding hydrogens is 241 g/mol. The second kappa shape index (κ2) is 6.27. The average Bonchev–Trinajstić information content (AvgIpc) is 2.41. The van der Waals surface area contributed by atoms with Crippen LogP contribution in [0.4, 0.5) is 10.1 Å². The molecular formula is C16H24FNO. The fourth-order valence-electron chi connectivity index (χ4n) is 2.93. The van der Waals surface area contributed by atoms with Gasteiger partial charge in [-0.1, -0.05) is 13.8 Å². The van der Waals surface area contributed by atoms with Gasteiger partial charge in [0.05, 0.1) is 12.8 Å². The van der Waals surface area contributed by atoms with Crippen molar-refractivity contribution in [1.82, 2.24) is 0 Å². The third kappa shape index (κ3) is 3.62. The number of hydrogen-bond acceptors (Lipinski definition) is 2. The average molecular weight is 265 g/mol. The van der Waals surface area contributed by atoms with E-state index in [1.807, 2.05) is 0 Å². The molecule has 0 bridgehead atoms. The lowest BCUT2D eigenvalue weighted by Gasteiger charge is -2.32. The zero-order valence-electron chi connectivity index (χ0n) is 12.1. The number of nitrogens with one attached hydrogen (secondary N) is 1. The summed E-state index contributed by atoms with van der Waals surface area (Å²) in [5.41, 5.74) is 0.900. The van der Waals surface area contributed by atoms with Crippen LogP contribution in [-0.2, 0) is 0 Å². The van der Waals surface area contributed by atoms with Crippen LogP contribution in [0.2, 0.25) is 0 Å². The van der Waals surface area contributed by atoms with Crippen LogP contribution in [0.1, 0.15) is 39.5 Å². The number of anilines is 1. The lowest BCUT2D eigenvalue weighted by molar-refractivity contribution is 0.266. The summed E-state index contributed by atoms with van der Waals surface area (Å²) in [5, 5.41) is 3.50. The van der Waals surface area contributed by atoms with Crippen molar-refractivity contribution >= 4 is 5.69 Å². The summed E-state index contributed by atoms with van der Waals surface area (Å²) < 4.78 is 18.4. The molecule has 106 valence electrons. The maximum absolute atomic E-state index is 13.1. The smallest absolute Gasteiger partial charge is 0.144 e. The number of ether oxygens (including phenoxy) is 1. The second-order valence-electron chi connectivity index (χ2n) is 5.84. The molecule has 2 nitrogen and oxygen atoms in total. The van der Waals surface area contributed by atoms with Crippen LogP contribution in [0.15, 0.2) is 18.2 Å². The highest BCUT2D eigenvalue weighted by atomic mass is 19.1. The molecule has 19 heavy (non-hydrogen) atoms. The fraction of sp³-hybridized carbons (Fsp3) is 0.625. The first-order valence-corrected chi connectivity index (χ1v) is 7.20. The van der Waals surface area contributed by atoms with Crippen LogP contribution in [-0.4, -0.2) is 13.2 Å². The topological polar surface area (TPSA) is 21.3 Å². The molecule has 1 aromatic rings. The number of hydrogen-bond donors (Lipinski definition) is 1. The Morgan fingerprint density at radius 2 is 1.89 bits per heavy atom. The number of rotatable bonds is 4. The number of halogens is 1. The summed E-state index contributed by atoms with van der Waals surface area (Å²) in [6.07, 6.45) is 4.92. The van der Waals surface area contributed by atoms with Crippen molar-refractivity contribution in [2.75, 3.05) is 12.4 Å². The zero-order valence-corrected chi connectivity index (χ0v) is 12.1. The van der Waals surface area contributed by atoms with E-state index in [0.29, 0.717) is 11.8 Å². The molecule has 0 spiro atoms. The second-order valence-corrected chi connectivity index (χ2v) is 5.84. The summed E-state index contributed by atoms with van der Waals surface area (Å²) in [6, 6.07) is 5.16. The Balaban J connectivity index is 1.95. The summed E-state index contributed by atoms with van der Waals surface area (Å²) in [5.74, 6) is 1.96. The molecule has 2 rings (SSSR count). The van der Waals surface area contributed by atoms with E-state index in [1.165, 1.54) is 37.8 Å². The summed E-state index contributed by atoms with van der Waals surface area (Å²) in [6.45, 7) is 4.61. The summed E-state index contributed by atoms with van der Waals surface area (Å²) in [4.78, 5) is 0. The van der Waals surface area contributed by atoms with Gasteiger partial charge in [-0.15, -0.1) is 0 Å². The fourth-order valence-corrected chi connectivity index (χ4v) is 2.93. The van der Waals surface area contributed by atoms with Crippen LogP contribution in [0.3, 0.4) is 0 Å². The lowest BCUT2D eigenvalue weighted by atomic mass is 9.79. The van der Waals surface area contributed by atoms with E-state index in [1.54, 1.807) is 13.2 Å². The minimum atomic E-state index is -0.258. The molecule has 1 fully saturated rings.